The molecule has 0 spiro atoms. The van der Waals surface area contributed by atoms with Crippen molar-refractivity contribution in [2.24, 2.45) is 5.73 Å². The van der Waals surface area contributed by atoms with Crippen molar-refractivity contribution in [1.29, 1.82) is 0 Å². The molecule has 0 radical (unpaired) electrons. The van der Waals surface area contributed by atoms with E-state index < -0.39 is 12.0 Å². The molecule has 0 bridgehead atoms. The van der Waals surface area contributed by atoms with Crippen molar-refractivity contribution >= 4 is 17.0 Å². The molecule has 3 aromatic rings. The molecule has 0 aliphatic rings. The fourth-order valence-electron chi connectivity index (χ4n) is 1.86. The SMILES string of the molecule is NC(C(=O)O)c1ncc(-c2ccc3nc[nH]c3c2)[nH]1. The Kier molecular flexibility index (Phi) is 2.53. The molecular weight excluding hydrogens is 246 g/mol. The van der Waals surface area contributed by atoms with E-state index in [4.69, 9.17) is 10.8 Å². The van der Waals surface area contributed by atoms with Crippen molar-refractivity contribution in [2.75, 3.05) is 0 Å². The second kappa shape index (κ2) is 4.21. The number of H-pyrrole nitrogens is 2. The third-order valence-electron chi connectivity index (χ3n) is 2.89. The van der Waals surface area contributed by atoms with Gasteiger partial charge in [-0.15, -0.1) is 0 Å². The number of carboxylic acids is 1. The Labute approximate surface area is 107 Å². The molecule has 2 aromatic heterocycles. The molecule has 3 rings (SSSR count). The third kappa shape index (κ3) is 1.95. The van der Waals surface area contributed by atoms with Gasteiger partial charge in [-0.1, -0.05) is 6.07 Å². The summed E-state index contributed by atoms with van der Waals surface area (Å²) in [6, 6.07) is 4.52. The summed E-state index contributed by atoms with van der Waals surface area (Å²) >= 11 is 0. The van der Waals surface area contributed by atoms with Crippen LogP contribution in [-0.2, 0) is 4.79 Å². The average molecular weight is 257 g/mol. The second-order valence-electron chi connectivity index (χ2n) is 4.13. The van der Waals surface area contributed by atoms with Crippen LogP contribution in [0.2, 0.25) is 0 Å². The van der Waals surface area contributed by atoms with Crippen LogP contribution in [0.25, 0.3) is 22.3 Å². The molecule has 7 nitrogen and oxygen atoms in total. The van der Waals surface area contributed by atoms with Crippen LogP contribution in [0.1, 0.15) is 11.9 Å². The molecule has 19 heavy (non-hydrogen) atoms. The summed E-state index contributed by atoms with van der Waals surface area (Å²) in [6.45, 7) is 0. The van der Waals surface area contributed by atoms with Gasteiger partial charge in [0.25, 0.3) is 0 Å². The van der Waals surface area contributed by atoms with Crippen LogP contribution in [0.3, 0.4) is 0 Å². The topological polar surface area (TPSA) is 121 Å². The number of imidazole rings is 2. The van der Waals surface area contributed by atoms with Crippen molar-refractivity contribution in [3.05, 3.63) is 36.5 Å². The van der Waals surface area contributed by atoms with E-state index in [9.17, 15) is 4.79 Å². The quantitative estimate of drug-likeness (QED) is 0.558. The van der Waals surface area contributed by atoms with Gasteiger partial charge in [0.2, 0.25) is 0 Å². The van der Waals surface area contributed by atoms with E-state index in [0.29, 0.717) is 5.69 Å². The van der Waals surface area contributed by atoms with Crippen LogP contribution in [0.5, 0.6) is 0 Å². The fraction of sp³-hybridized carbons (Fsp3) is 0.0833. The van der Waals surface area contributed by atoms with Gasteiger partial charge >= 0.3 is 5.97 Å². The van der Waals surface area contributed by atoms with Crippen LogP contribution in [-0.4, -0.2) is 31.0 Å². The number of nitrogens with zero attached hydrogens (tertiary/aromatic N) is 2. The van der Waals surface area contributed by atoms with Crippen molar-refractivity contribution in [3.63, 3.8) is 0 Å². The maximum absolute atomic E-state index is 10.8. The van der Waals surface area contributed by atoms with Crippen LogP contribution >= 0.6 is 0 Å². The Hall–Kier alpha value is -2.67. The largest absolute Gasteiger partial charge is 0.480 e. The molecule has 0 aliphatic heterocycles. The lowest BCUT2D eigenvalue weighted by molar-refractivity contribution is -0.138. The number of carboxylic acid groups (broad SMARTS) is 1. The van der Waals surface area contributed by atoms with Crippen LogP contribution < -0.4 is 5.73 Å². The van der Waals surface area contributed by atoms with Gasteiger partial charge in [-0.2, -0.15) is 0 Å². The van der Waals surface area contributed by atoms with Crippen LogP contribution in [0, 0.1) is 0 Å². The molecule has 7 heteroatoms. The first kappa shape index (κ1) is 11.4. The lowest BCUT2D eigenvalue weighted by Gasteiger charge is -2.01. The Morgan fingerprint density at radius 1 is 1.37 bits per heavy atom. The predicted molar refractivity (Wildman–Crippen MR) is 68.2 cm³/mol. The number of benzene rings is 1. The number of carbonyl (C=O) groups is 1. The minimum absolute atomic E-state index is 0.229. The summed E-state index contributed by atoms with van der Waals surface area (Å²) in [7, 11) is 0. The number of nitrogens with two attached hydrogens (primary N) is 1. The van der Waals surface area contributed by atoms with Gasteiger partial charge in [0.15, 0.2) is 6.04 Å². The Balaban J connectivity index is 1.99. The number of fused-ring (bicyclic) bond motifs is 1. The molecule has 0 saturated carbocycles. The molecule has 0 aliphatic carbocycles. The Morgan fingerprint density at radius 2 is 2.21 bits per heavy atom. The van der Waals surface area contributed by atoms with E-state index in [-0.39, 0.29) is 5.82 Å². The van der Waals surface area contributed by atoms with Gasteiger partial charge in [-0.3, -0.25) is 4.79 Å². The third-order valence-corrected chi connectivity index (χ3v) is 2.89. The molecule has 0 saturated heterocycles. The maximum atomic E-state index is 10.8. The minimum Gasteiger partial charge on any atom is -0.480 e. The average Bonchev–Trinajstić information content (AvgIpc) is 3.05. The first-order valence-corrected chi connectivity index (χ1v) is 5.62. The summed E-state index contributed by atoms with van der Waals surface area (Å²) in [5, 5.41) is 8.83. The second-order valence-corrected chi connectivity index (χ2v) is 4.13. The number of hydrogen-bond acceptors (Lipinski definition) is 4. The standard InChI is InChI=1S/C12H11N5O2/c13-10(12(18)19)11-14-4-9(17-11)6-1-2-7-8(3-6)16-5-15-7/h1-5,10H,13H2,(H,14,17)(H,15,16)(H,18,19). The van der Waals surface area contributed by atoms with Crippen LogP contribution in [0.15, 0.2) is 30.7 Å². The van der Waals surface area contributed by atoms with E-state index in [2.05, 4.69) is 19.9 Å². The number of aromatic amines is 2. The lowest BCUT2D eigenvalue weighted by Crippen LogP contribution is -2.21. The van der Waals surface area contributed by atoms with Gasteiger partial charge in [-0.25, -0.2) is 9.97 Å². The van der Waals surface area contributed by atoms with Crippen molar-refractivity contribution in [3.8, 4) is 11.3 Å². The normalized spacial score (nSPS) is 12.7. The monoisotopic (exact) mass is 257 g/mol. The van der Waals surface area contributed by atoms with Crippen LogP contribution in [0.4, 0.5) is 0 Å². The molecule has 5 N–H and O–H groups in total. The number of rotatable bonds is 3. The van der Waals surface area contributed by atoms with Crippen molar-refractivity contribution < 1.29 is 9.90 Å². The highest BCUT2D eigenvalue weighted by Crippen LogP contribution is 2.22. The van der Waals surface area contributed by atoms with Crippen molar-refractivity contribution in [1.82, 2.24) is 19.9 Å². The van der Waals surface area contributed by atoms with E-state index in [1.165, 1.54) is 0 Å². The zero-order valence-electron chi connectivity index (χ0n) is 9.79. The molecule has 2 heterocycles. The number of nitrogens with one attached hydrogen (secondary N) is 2. The summed E-state index contributed by atoms with van der Waals surface area (Å²) in [5.41, 5.74) is 8.85. The zero-order chi connectivity index (χ0) is 13.4. The molecule has 0 amide bonds. The number of aliphatic carboxylic acids is 1. The van der Waals surface area contributed by atoms with E-state index in [1.54, 1.807) is 12.5 Å². The van der Waals surface area contributed by atoms with E-state index in [1.807, 2.05) is 18.2 Å². The van der Waals surface area contributed by atoms with Gasteiger partial charge < -0.3 is 20.8 Å². The van der Waals surface area contributed by atoms with E-state index in [0.717, 1.165) is 16.6 Å². The Bertz CT molecular complexity index is 745. The Morgan fingerprint density at radius 3 is 3.00 bits per heavy atom. The predicted octanol–water partition coefficient (Wildman–Crippen LogP) is 1.04. The molecule has 0 fully saturated rings. The van der Waals surface area contributed by atoms with Crippen molar-refractivity contribution in [2.45, 2.75) is 6.04 Å². The first-order valence-electron chi connectivity index (χ1n) is 5.62. The smallest absolute Gasteiger partial charge is 0.328 e. The zero-order valence-corrected chi connectivity index (χ0v) is 9.79. The summed E-state index contributed by atoms with van der Waals surface area (Å²) < 4.78 is 0. The fourth-order valence-corrected chi connectivity index (χ4v) is 1.86. The summed E-state index contributed by atoms with van der Waals surface area (Å²) in [4.78, 5) is 24.8. The van der Waals surface area contributed by atoms with E-state index >= 15 is 0 Å². The molecule has 96 valence electrons. The summed E-state index contributed by atoms with van der Waals surface area (Å²) in [6.07, 6.45) is 3.18. The molecular formula is C12H11N5O2. The molecule has 1 aromatic carbocycles. The molecule has 1 atom stereocenters. The highest BCUT2D eigenvalue weighted by Gasteiger charge is 2.18. The number of hydrogen-bond donors (Lipinski definition) is 4. The highest BCUT2D eigenvalue weighted by atomic mass is 16.4. The summed E-state index contributed by atoms with van der Waals surface area (Å²) in [5.74, 6) is -0.892. The minimum atomic E-state index is -1.15. The van der Waals surface area contributed by atoms with Gasteiger partial charge in [0.05, 0.1) is 29.3 Å². The molecule has 1 unspecified atom stereocenters. The highest BCUT2D eigenvalue weighted by molar-refractivity contribution is 5.80. The maximum Gasteiger partial charge on any atom is 0.328 e. The number of aromatic nitrogens is 4. The lowest BCUT2D eigenvalue weighted by atomic mass is 10.1. The first-order chi connectivity index (χ1) is 9.15. The van der Waals surface area contributed by atoms with Gasteiger partial charge in [-0.05, 0) is 12.1 Å². The van der Waals surface area contributed by atoms with Gasteiger partial charge in [0.1, 0.15) is 5.82 Å². The van der Waals surface area contributed by atoms with Gasteiger partial charge in [0, 0.05) is 5.56 Å².